The van der Waals surface area contributed by atoms with Gasteiger partial charge in [-0.3, -0.25) is 14.4 Å². The Morgan fingerprint density at radius 1 is 1.22 bits per heavy atom. The molecule has 0 unspecified atom stereocenters. The quantitative estimate of drug-likeness (QED) is 0.694. The van der Waals surface area contributed by atoms with Gasteiger partial charge in [-0.1, -0.05) is 0 Å². The minimum atomic E-state index is -0.691. The molecular formula is C16H26N2O5. The number of ether oxygens (including phenoxy) is 2. The largest absolute Gasteiger partial charge is 0.466 e. The van der Waals surface area contributed by atoms with Gasteiger partial charge in [0.05, 0.1) is 12.0 Å². The molecule has 130 valence electrons. The summed E-state index contributed by atoms with van der Waals surface area (Å²) in [5.41, 5.74) is -0.691. The molecule has 0 aromatic carbocycles. The molecule has 0 aromatic rings. The molecule has 2 aliphatic heterocycles. The second-order valence-corrected chi connectivity index (χ2v) is 6.35. The van der Waals surface area contributed by atoms with Crippen LogP contribution in [0.3, 0.4) is 0 Å². The number of fused-ring (bicyclic) bond motifs is 1. The lowest BCUT2D eigenvalue weighted by Crippen LogP contribution is -2.44. The van der Waals surface area contributed by atoms with Crippen LogP contribution in [0, 0.1) is 11.3 Å². The van der Waals surface area contributed by atoms with E-state index in [1.165, 1.54) is 14.0 Å². The smallest absolute Gasteiger partial charge is 0.314 e. The molecule has 0 saturated carbocycles. The summed E-state index contributed by atoms with van der Waals surface area (Å²) in [5, 5.41) is 0. The van der Waals surface area contributed by atoms with Crippen LogP contribution in [0.25, 0.3) is 0 Å². The van der Waals surface area contributed by atoms with E-state index in [0.717, 1.165) is 6.42 Å². The Hall–Kier alpha value is -1.63. The molecule has 7 heteroatoms. The Bertz CT molecular complexity index is 481. The number of likely N-dealkylation sites (tertiary alicyclic amines) is 2. The van der Waals surface area contributed by atoms with Crippen LogP contribution < -0.4 is 0 Å². The highest BCUT2D eigenvalue weighted by atomic mass is 16.5. The van der Waals surface area contributed by atoms with E-state index in [-0.39, 0.29) is 30.3 Å². The molecule has 2 aliphatic rings. The highest BCUT2D eigenvalue weighted by molar-refractivity contribution is 5.82. The van der Waals surface area contributed by atoms with Gasteiger partial charge in [0.15, 0.2) is 0 Å². The number of carbonyl (C=O) groups is 3. The third kappa shape index (κ3) is 3.49. The highest BCUT2D eigenvalue weighted by Gasteiger charge is 2.55. The summed E-state index contributed by atoms with van der Waals surface area (Å²) in [7, 11) is 1.49. The van der Waals surface area contributed by atoms with E-state index in [9.17, 15) is 14.4 Å². The van der Waals surface area contributed by atoms with Crippen molar-refractivity contribution in [3.05, 3.63) is 0 Å². The Morgan fingerprint density at radius 3 is 2.52 bits per heavy atom. The molecule has 0 spiro atoms. The zero-order chi connectivity index (χ0) is 17.0. The van der Waals surface area contributed by atoms with Crippen molar-refractivity contribution in [2.24, 2.45) is 11.3 Å². The standard InChI is InChI=1S/C16H26N2O5/c1-4-23-15(21)16-6-5-7-17(14(20)10-22-3)8-13(16)9-18(11-16)12(2)19/h13H,4-11H2,1-3H3/t13-,16-/m0/s1. The zero-order valence-corrected chi connectivity index (χ0v) is 14.2. The lowest BCUT2D eigenvalue weighted by molar-refractivity contribution is -0.158. The van der Waals surface area contributed by atoms with Crippen LogP contribution in [-0.2, 0) is 23.9 Å². The van der Waals surface area contributed by atoms with Crippen molar-refractivity contribution >= 4 is 17.8 Å². The van der Waals surface area contributed by atoms with Gasteiger partial charge in [0.2, 0.25) is 11.8 Å². The fraction of sp³-hybridized carbons (Fsp3) is 0.812. The van der Waals surface area contributed by atoms with Gasteiger partial charge in [0.25, 0.3) is 0 Å². The molecule has 2 fully saturated rings. The lowest BCUT2D eigenvalue weighted by atomic mass is 9.75. The van der Waals surface area contributed by atoms with Gasteiger partial charge in [-0.15, -0.1) is 0 Å². The first-order valence-corrected chi connectivity index (χ1v) is 8.14. The molecule has 0 aliphatic carbocycles. The van der Waals surface area contributed by atoms with Crippen LogP contribution in [0.5, 0.6) is 0 Å². The molecule has 2 heterocycles. The summed E-state index contributed by atoms with van der Waals surface area (Å²) in [6, 6.07) is 0. The molecule has 2 saturated heterocycles. The van der Waals surface area contributed by atoms with Gasteiger partial charge >= 0.3 is 5.97 Å². The van der Waals surface area contributed by atoms with Gasteiger partial charge < -0.3 is 19.3 Å². The summed E-state index contributed by atoms with van der Waals surface area (Å²) in [6.45, 7) is 5.60. The summed E-state index contributed by atoms with van der Waals surface area (Å²) in [6.07, 6.45) is 1.35. The molecule has 0 aromatic heterocycles. The Morgan fingerprint density at radius 2 is 1.91 bits per heavy atom. The molecule has 0 radical (unpaired) electrons. The zero-order valence-electron chi connectivity index (χ0n) is 14.2. The number of hydrogen-bond donors (Lipinski definition) is 0. The maximum atomic E-state index is 12.6. The van der Waals surface area contributed by atoms with E-state index < -0.39 is 5.41 Å². The lowest BCUT2D eigenvalue weighted by Gasteiger charge is -2.31. The van der Waals surface area contributed by atoms with Gasteiger partial charge in [0.1, 0.15) is 6.61 Å². The predicted octanol–water partition coefficient (Wildman–Crippen LogP) is 0.283. The second-order valence-electron chi connectivity index (χ2n) is 6.35. The van der Waals surface area contributed by atoms with Crippen molar-refractivity contribution in [2.45, 2.75) is 26.7 Å². The number of rotatable bonds is 4. The maximum Gasteiger partial charge on any atom is 0.314 e. The van der Waals surface area contributed by atoms with E-state index in [2.05, 4.69) is 0 Å². The SMILES string of the molecule is CCOC(=O)[C@]12CCCN(C(=O)COC)C[C@H]1CN(C(C)=O)C2. The third-order valence-electron chi connectivity index (χ3n) is 4.93. The van der Waals surface area contributed by atoms with Gasteiger partial charge in [-0.25, -0.2) is 0 Å². The Balaban J connectivity index is 2.24. The van der Waals surface area contributed by atoms with Gasteiger partial charge in [-0.05, 0) is 19.8 Å². The number of hydrogen-bond acceptors (Lipinski definition) is 5. The molecule has 0 N–H and O–H groups in total. The summed E-state index contributed by atoms with van der Waals surface area (Å²) >= 11 is 0. The second kappa shape index (κ2) is 7.29. The summed E-state index contributed by atoms with van der Waals surface area (Å²) in [4.78, 5) is 40.0. The molecule has 23 heavy (non-hydrogen) atoms. The fourth-order valence-electron chi connectivity index (χ4n) is 3.72. The van der Waals surface area contributed by atoms with Crippen LogP contribution in [-0.4, -0.2) is 74.1 Å². The molecule has 2 amide bonds. The van der Waals surface area contributed by atoms with Crippen molar-refractivity contribution in [3.63, 3.8) is 0 Å². The molecule has 7 nitrogen and oxygen atoms in total. The van der Waals surface area contributed by atoms with Crippen LogP contribution in [0.1, 0.15) is 26.7 Å². The van der Waals surface area contributed by atoms with E-state index in [0.29, 0.717) is 39.2 Å². The van der Waals surface area contributed by atoms with E-state index in [4.69, 9.17) is 9.47 Å². The molecule has 2 rings (SSSR count). The van der Waals surface area contributed by atoms with E-state index in [1.54, 1.807) is 16.7 Å². The van der Waals surface area contributed by atoms with Crippen molar-refractivity contribution in [2.75, 3.05) is 46.5 Å². The third-order valence-corrected chi connectivity index (χ3v) is 4.93. The van der Waals surface area contributed by atoms with Crippen LogP contribution in [0.15, 0.2) is 0 Å². The van der Waals surface area contributed by atoms with Crippen molar-refractivity contribution in [3.8, 4) is 0 Å². The predicted molar refractivity (Wildman–Crippen MR) is 82.5 cm³/mol. The first-order chi connectivity index (χ1) is 10.9. The monoisotopic (exact) mass is 326 g/mol. The number of carbonyl (C=O) groups excluding carboxylic acids is 3. The van der Waals surface area contributed by atoms with Crippen molar-refractivity contribution < 1.29 is 23.9 Å². The molecule has 2 atom stereocenters. The molecular weight excluding hydrogens is 300 g/mol. The average Bonchev–Trinajstić information content (AvgIpc) is 2.77. The van der Waals surface area contributed by atoms with E-state index >= 15 is 0 Å². The first-order valence-electron chi connectivity index (χ1n) is 8.14. The number of amides is 2. The minimum Gasteiger partial charge on any atom is -0.466 e. The van der Waals surface area contributed by atoms with Crippen molar-refractivity contribution in [1.29, 1.82) is 0 Å². The van der Waals surface area contributed by atoms with Gasteiger partial charge in [-0.2, -0.15) is 0 Å². The highest BCUT2D eigenvalue weighted by Crippen LogP contribution is 2.43. The Labute approximate surface area is 136 Å². The number of esters is 1. The average molecular weight is 326 g/mol. The number of methoxy groups -OCH3 is 1. The first kappa shape index (κ1) is 17.7. The van der Waals surface area contributed by atoms with E-state index in [1.807, 2.05) is 0 Å². The van der Waals surface area contributed by atoms with Crippen LogP contribution >= 0.6 is 0 Å². The van der Waals surface area contributed by atoms with Crippen molar-refractivity contribution in [1.82, 2.24) is 9.80 Å². The normalized spacial score (nSPS) is 27.3. The van der Waals surface area contributed by atoms with Crippen LogP contribution in [0.2, 0.25) is 0 Å². The van der Waals surface area contributed by atoms with Crippen LogP contribution in [0.4, 0.5) is 0 Å². The topological polar surface area (TPSA) is 76.2 Å². The Kier molecular flexibility index (Phi) is 5.62. The summed E-state index contributed by atoms with van der Waals surface area (Å²) < 4.78 is 10.2. The maximum absolute atomic E-state index is 12.6. The minimum absolute atomic E-state index is 0.0373. The molecule has 0 bridgehead atoms. The number of nitrogens with zero attached hydrogens (tertiary/aromatic N) is 2. The van der Waals surface area contributed by atoms with Gasteiger partial charge in [0, 0.05) is 46.1 Å². The fourth-order valence-corrected chi connectivity index (χ4v) is 3.72. The summed E-state index contributed by atoms with van der Waals surface area (Å²) in [5.74, 6) is -0.450.